The van der Waals surface area contributed by atoms with E-state index >= 15 is 0 Å². The highest BCUT2D eigenvalue weighted by Gasteiger charge is 2.48. The van der Waals surface area contributed by atoms with Gasteiger partial charge in [-0.05, 0) is 63.3 Å². The van der Waals surface area contributed by atoms with E-state index in [-0.39, 0.29) is 0 Å². The van der Waals surface area contributed by atoms with E-state index < -0.39 is 0 Å². The van der Waals surface area contributed by atoms with Crippen LogP contribution in [0.5, 0.6) is 0 Å². The summed E-state index contributed by atoms with van der Waals surface area (Å²) in [5.74, 6) is 3.21. The Morgan fingerprint density at radius 3 is 2.69 bits per heavy atom. The summed E-state index contributed by atoms with van der Waals surface area (Å²) in [7, 11) is 0. The van der Waals surface area contributed by atoms with Gasteiger partial charge in [-0.15, -0.1) is 0 Å². The molecule has 0 spiro atoms. The molecule has 0 aromatic carbocycles. The lowest BCUT2D eigenvalue weighted by atomic mass is 9.74. The Morgan fingerprint density at radius 1 is 1.23 bits per heavy atom. The van der Waals surface area contributed by atoms with Gasteiger partial charge in [-0.2, -0.15) is 0 Å². The summed E-state index contributed by atoms with van der Waals surface area (Å²) in [5.41, 5.74) is 0.528. The fourth-order valence-electron chi connectivity index (χ4n) is 4.26. The minimum absolute atomic E-state index is 0.528. The normalized spacial score (nSPS) is 54.7. The van der Waals surface area contributed by atoms with E-state index in [2.05, 4.69) is 12.2 Å². The zero-order valence-corrected chi connectivity index (χ0v) is 8.68. The quantitative estimate of drug-likeness (QED) is 0.652. The Balaban J connectivity index is 1.78. The van der Waals surface area contributed by atoms with Crippen molar-refractivity contribution in [3.63, 3.8) is 0 Å². The molecule has 0 aromatic rings. The molecule has 13 heavy (non-hydrogen) atoms. The predicted molar refractivity (Wildman–Crippen MR) is 54.6 cm³/mol. The van der Waals surface area contributed by atoms with Gasteiger partial charge in [0.25, 0.3) is 0 Å². The summed E-state index contributed by atoms with van der Waals surface area (Å²) < 4.78 is 0. The minimum Gasteiger partial charge on any atom is -0.311 e. The maximum Gasteiger partial charge on any atom is 0.0184 e. The fraction of sp³-hybridized carbons (Fsp3) is 1.00. The first-order valence-electron chi connectivity index (χ1n) is 6.03. The summed E-state index contributed by atoms with van der Waals surface area (Å²) in [5, 5.41) is 3.76. The molecule has 2 bridgehead atoms. The Morgan fingerprint density at radius 2 is 2.15 bits per heavy atom. The first-order chi connectivity index (χ1) is 6.28. The van der Waals surface area contributed by atoms with Crippen LogP contribution in [0.25, 0.3) is 0 Å². The number of nitrogens with one attached hydrogen (secondary N) is 1. The summed E-state index contributed by atoms with van der Waals surface area (Å²) in [4.78, 5) is 0. The average molecular weight is 179 g/mol. The van der Waals surface area contributed by atoms with Gasteiger partial charge in [-0.25, -0.2) is 0 Å². The summed E-state index contributed by atoms with van der Waals surface area (Å²) in [6, 6.07) is 0. The van der Waals surface area contributed by atoms with Gasteiger partial charge in [0.15, 0.2) is 0 Å². The lowest BCUT2D eigenvalue weighted by molar-refractivity contribution is 0.181. The lowest BCUT2D eigenvalue weighted by Crippen LogP contribution is -2.46. The second-order valence-electron chi connectivity index (χ2n) is 5.73. The Bertz CT molecular complexity index is 205. The first-order valence-corrected chi connectivity index (χ1v) is 6.03. The van der Waals surface area contributed by atoms with Crippen molar-refractivity contribution in [1.82, 2.24) is 5.32 Å². The van der Waals surface area contributed by atoms with Gasteiger partial charge < -0.3 is 5.32 Å². The van der Waals surface area contributed by atoms with Crippen molar-refractivity contribution in [3.8, 4) is 0 Å². The van der Waals surface area contributed by atoms with Crippen LogP contribution in [0.2, 0.25) is 0 Å². The Kier molecular flexibility index (Phi) is 1.74. The van der Waals surface area contributed by atoms with Crippen LogP contribution >= 0.6 is 0 Å². The second kappa shape index (κ2) is 2.73. The van der Waals surface area contributed by atoms with E-state index in [1.54, 1.807) is 6.42 Å². The molecule has 1 aliphatic heterocycles. The molecule has 0 radical (unpaired) electrons. The standard InChI is InChI=1S/C12H21N/c1-12(5-2-6-13-12)11-8-9-3-4-10(11)7-9/h9-11,13H,2-8H2,1H3. The molecule has 1 nitrogen and oxygen atoms in total. The Hall–Kier alpha value is -0.0400. The van der Waals surface area contributed by atoms with E-state index in [0.717, 1.165) is 17.8 Å². The molecule has 3 rings (SSSR count). The van der Waals surface area contributed by atoms with Gasteiger partial charge in [0, 0.05) is 5.54 Å². The monoisotopic (exact) mass is 179 g/mol. The van der Waals surface area contributed by atoms with Crippen LogP contribution in [0.1, 0.15) is 45.4 Å². The average Bonchev–Trinajstić information content (AvgIpc) is 2.77. The van der Waals surface area contributed by atoms with Crippen molar-refractivity contribution in [2.24, 2.45) is 17.8 Å². The molecule has 0 amide bonds. The highest BCUT2D eigenvalue weighted by molar-refractivity contribution is 5.03. The number of hydrogen-bond donors (Lipinski definition) is 1. The van der Waals surface area contributed by atoms with Gasteiger partial charge in [-0.1, -0.05) is 6.42 Å². The topological polar surface area (TPSA) is 12.0 Å². The number of hydrogen-bond acceptors (Lipinski definition) is 1. The van der Waals surface area contributed by atoms with Crippen molar-refractivity contribution in [2.75, 3.05) is 6.54 Å². The van der Waals surface area contributed by atoms with Crippen molar-refractivity contribution in [3.05, 3.63) is 0 Å². The highest BCUT2D eigenvalue weighted by Crippen LogP contribution is 2.53. The van der Waals surface area contributed by atoms with Crippen LogP contribution in [0, 0.1) is 17.8 Å². The molecule has 74 valence electrons. The third-order valence-electron chi connectivity index (χ3n) is 4.96. The maximum atomic E-state index is 3.76. The summed E-state index contributed by atoms with van der Waals surface area (Å²) in [6.45, 7) is 3.75. The lowest BCUT2D eigenvalue weighted by Gasteiger charge is -2.37. The smallest absolute Gasteiger partial charge is 0.0184 e. The fourth-order valence-corrected chi connectivity index (χ4v) is 4.26. The van der Waals surface area contributed by atoms with Gasteiger partial charge in [0.2, 0.25) is 0 Å². The summed E-state index contributed by atoms with van der Waals surface area (Å²) >= 11 is 0. The van der Waals surface area contributed by atoms with Gasteiger partial charge in [0.05, 0.1) is 0 Å². The van der Waals surface area contributed by atoms with E-state index in [1.807, 2.05) is 0 Å². The molecule has 4 atom stereocenters. The van der Waals surface area contributed by atoms with Crippen LogP contribution in [0.15, 0.2) is 0 Å². The number of rotatable bonds is 1. The Labute approximate surface area is 81.3 Å². The van der Waals surface area contributed by atoms with Gasteiger partial charge >= 0.3 is 0 Å². The van der Waals surface area contributed by atoms with Crippen molar-refractivity contribution < 1.29 is 0 Å². The predicted octanol–water partition coefficient (Wildman–Crippen LogP) is 2.56. The van der Waals surface area contributed by atoms with Gasteiger partial charge in [0.1, 0.15) is 0 Å². The molecule has 1 heterocycles. The van der Waals surface area contributed by atoms with Gasteiger partial charge in [-0.3, -0.25) is 0 Å². The molecule has 2 saturated carbocycles. The molecule has 1 heteroatoms. The largest absolute Gasteiger partial charge is 0.311 e. The van der Waals surface area contributed by atoms with Crippen LogP contribution in [0.3, 0.4) is 0 Å². The molecular formula is C12H21N. The van der Waals surface area contributed by atoms with Crippen LogP contribution in [0.4, 0.5) is 0 Å². The first kappa shape index (κ1) is 8.28. The van der Waals surface area contributed by atoms with Crippen LogP contribution < -0.4 is 5.32 Å². The zero-order chi connectivity index (χ0) is 8.89. The van der Waals surface area contributed by atoms with Crippen molar-refractivity contribution in [1.29, 1.82) is 0 Å². The number of fused-ring (bicyclic) bond motifs is 2. The van der Waals surface area contributed by atoms with E-state index in [1.165, 1.54) is 38.6 Å². The summed E-state index contributed by atoms with van der Waals surface area (Å²) in [6.07, 6.45) is 9.01. The minimum atomic E-state index is 0.528. The molecule has 3 fully saturated rings. The maximum absolute atomic E-state index is 3.76. The third-order valence-corrected chi connectivity index (χ3v) is 4.96. The molecule has 1 N–H and O–H groups in total. The molecule has 0 aromatic heterocycles. The van der Waals surface area contributed by atoms with Crippen LogP contribution in [-0.2, 0) is 0 Å². The third kappa shape index (κ3) is 1.16. The van der Waals surface area contributed by atoms with E-state index in [9.17, 15) is 0 Å². The molecule has 2 aliphatic carbocycles. The molecule has 3 aliphatic rings. The van der Waals surface area contributed by atoms with E-state index in [4.69, 9.17) is 0 Å². The van der Waals surface area contributed by atoms with Crippen LogP contribution in [-0.4, -0.2) is 12.1 Å². The van der Waals surface area contributed by atoms with Crippen molar-refractivity contribution >= 4 is 0 Å². The molecular weight excluding hydrogens is 158 g/mol. The SMILES string of the molecule is CC1(C2CC3CCC2C3)CCCN1. The molecule has 1 saturated heterocycles. The molecule has 4 unspecified atom stereocenters. The second-order valence-corrected chi connectivity index (χ2v) is 5.73. The highest BCUT2D eigenvalue weighted by atomic mass is 15.0. The van der Waals surface area contributed by atoms with Crippen molar-refractivity contribution in [2.45, 2.75) is 51.0 Å². The van der Waals surface area contributed by atoms with E-state index in [0.29, 0.717) is 5.54 Å². The zero-order valence-electron chi connectivity index (χ0n) is 8.68.